The van der Waals surface area contributed by atoms with Crippen molar-refractivity contribution in [3.63, 3.8) is 0 Å². The summed E-state index contributed by atoms with van der Waals surface area (Å²) in [5.41, 5.74) is -0.346. The van der Waals surface area contributed by atoms with Crippen LogP contribution in [0.3, 0.4) is 0 Å². The molecule has 16 heavy (non-hydrogen) atoms. The van der Waals surface area contributed by atoms with E-state index in [9.17, 15) is 5.11 Å². The fraction of sp³-hybridized carbons (Fsp3) is 0.750. The quantitative estimate of drug-likeness (QED) is 0.801. The largest absolute Gasteiger partial charge is 0.387 e. The van der Waals surface area contributed by atoms with Gasteiger partial charge in [-0.2, -0.15) is 0 Å². The molecular weight excluding hydrogens is 202 g/mol. The van der Waals surface area contributed by atoms with E-state index in [1.807, 2.05) is 19.4 Å². The van der Waals surface area contributed by atoms with E-state index in [0.29, 0.717) is 5.92 Å². The van der Waals surface area contributed by atoms with Crippen molar-refractivity contribution >= 4 is 0 Å². The van der Waals surface area contributed by atoms with Crippen LogP contribution in [0.25, 0.3) is 0 Å². The van der Waals surface area contributed by atoms with Gasteiger partial charge in [-0.1, -0.05) is 0 Å². The fourth-order valence-corrected chi connectivity index (χ4v) is 2.66. The third-order valence-corrected chi connectivity index (χ3v) is 3.90. The monoisotopic (exact) mass is 221 g/mol. The Bertz CT molecular complexity index is 377. The summed E-state index contributed by atoms with van der Waals surface area (Å²) in [7, 11) is 2.03. The number of rotatable bonds is 4. The Morgan fingerprint density at radius 1 is 1.50 bits per heavy atom. The number of hydrogen-bond donors (Lipinski definition) is 1. The third-order valence-electron chi connectivity index (χ3n) is 3.90. The minimum atomic E-state index is -0.346. The maximum Gasteiger partial charge on any atom is 0.109 e. The van der Waals surface area contributed by atoms with Crippen molar-refractivity contribution in [3.8, 4) is 0 Å². The topological polar surface area (TPSA) is 41.3 Å². The highest BCUT2D eigenvalue weighted by atomic mass is 16.3. The molecule has 2 fully saturated rings. The number of imidazole rings is 1. The minimum Gasteiger partial charge on any atom is -0.387 e. The van der Waals surface area contributed by atoms with Crippen molar-refractivity contribution in [2.45, 2.75) is 24.9 Å². The minimum absolute atomic E-state index is 0.346. The molecule has 2 heterocycles. The molecule has 0 radical (unpaired) electrons. The van der Waals surface area contributed by atoms with Gasteiger partial charge in [0.2, 0.25) is 0 Å². The Morgan fingerprint density at radius 2 is 2.25 bits per heavy atom. The summed E-state index contributed by atoms with van der Waals surface area (Å²) in [6.45, 7) is 2.74. The van der Waals surface area contributed by atoms with E-state index in [1.165, 1.54) is 12.8 Å². The van der Waals surface area contributed by atoms with Gasteiger partial charge >= 0.3 is 0 Å². The van der Waals surface area contributed by atoms with E-state index in [-0.39, 0.29) is 5.60 Å². The first-order valence-electron chi connectivity index (χ1n) is 6.08. The molecular formula is C12H19N3O. The molecule has 1 aromatic rings. The Labute approximate surface area is 95.9 Å². The zero-order chi connectivity index (χ0) is 11.2. The second kappa shape index (κ2) is 3.57. The van der Waals surface area contributed by atoms with Gasteiger partial charge < -0.3 is 9.67 Å². The van der Waals surface area contributed by atoms with Gasteiger partial charge in [0, 0.05) is 45.5 Å². The fourth-order valence-electron chi connectivity index (χ4n) is 2.66. The first-order valence-corrected chi connectivity index (χ1v) is 6.08. The second-order valence-corrected chi connectivity index (χ2v) is 5.29. The summed E-state index contributed by atoms with van der Waals surface area (Å²) in [6.07, 6.45) is 7.25. The van der Waals surface area contributed by atoms with E-state index < -0.39 is 0 Å². The molecule has 4 nitrogen and oxygen atoms in total. The molecule has 88 valence electrons. The van der Waals surface area contributed by atoms with Gasteiger partial charge in [0.05, 0.1) is 5.60 Å². The molecule has 1 aliphatic heterocycles. The number of aliphatic hydroxyl groups is 1. The zero-order valence-corrected chi connectivity index (χ0v) is 9.76. The Balaban J connectivity index is 1.46. The average molecular weight is 221 g/mol. The van der Waals surface area contributed by atoms with E-state index in [4.69, 9.17) is 0 Å². The summed E-state index contributed by atoms with van der Waals surface area (Å²) in [4.78, 5) is 6.63. The van der Waals surface area contributed by atoms with E-state index in [1.54, 1.807) is 0 Å². The summed E-state index contributed by atoms with van der Waals surface area (Å²) >= 11 is 0. The molecule has 2 aliphatic rings. The highest BCUT2D eigenvalue weighted by Crippen LogP contribution is 2.44. The van der Waals surface area contributed by atoms with Crippen LogP contribution < -0.4 is 0 Å². The smallest absolute Gasteiger partial charge is 0.109 e. The van der Waals surface area contributed by atoms with Crippen molar-refractivity contribution in [1.82, 2.24) is 14.5 Å². The molecule has 3 rings (SSSR count). The Kier molecular flexibility index (Phi) is 2.30. The van der Waals surface area contributed by atoms with Gasteiger partial charge in [-0.3, -0.25) is 4.90 Å². The molecule has 0 atom stereocenters. The predicted octanol–water partition coefficient (Wildman–Crippen LogP) is 0.419. The molecule has 1 N–H and O–H groups in total. The van der Waals surface area contributed by atoms with Gasteiger partial charge in [0.15, 0.2) is 0 Å². The normalized spacial score (nSPS) is 24.4. The van der Waals surface area contributed by atoms with Crippen LogP contribution in [0.15, 0.2) is 12.4 Å². The summed E-state index contributed by atoms with van der Waals surface area (Å²) in [5.74, 6) is 1.72. The number of likely N-dealkylation sites (tertiary alicyclic amines) is 1. The molecule has 0 unspecified atom stereocenters. The van der Waals surface area contributed by atoms with Crippen LogP contribution >= 0.6 is 0 Å². The second-order valence-electron chi connectivity index (χ2n) is 5.29. The molecule has 0 spiro atoms. The lowest BCUT2D eigenvalue weighted by atomic mass is 9.88. The number of β-amino-alcohol motifs (C(OH)–C–C–N with tert-alkyl or cyclic N) is 1. The van der Waals surface area contributed by atoms with Crippen LogP contribution in [0.4, 0.5) is 0 Å². The summed E-state index contributed by atoms with van der Waals surface area (Å²) < 4.78 is 2.06. The van der Waals surface area contributed by atoms with Crippen LogP contribution in [-0.4, -0.2) is 44.8 Å². The average Bonchev–Trinajstić information content (AvgIpc) is 2.97. The first-order chi connectivity index (χ1) is 7.67. The van der Waals surface area contributed by atoms with Crippen LogP contribution in [0.2, 0.25) is 0 Å². The molecule has 4 heteroatoms. The Morgan fingerprint density at radius 3 is 2.81 bits per heavy atom. The lowest BCUT2D eigenvalue weighted by Crippen LogP contribution is -2.63. The SMILES string of the molecule is Cn1ccnc1CCN1CC(O)(C2CC2)C1. The predicted molar refractivity (Wildman–Crippen MR) is 61.0 cm³/mol. The molecule has 1 saturated heterocycles. The lowest BCUT2D eigenvalue weighted by molar-refractivity contribution is -0.112. The number of aryl methyl sites for hydroxylation is 1. The number of aromatic nitrogens is 2. The molecule has 0 bridgehead atoms. The lowest BCUT2D eigenvalue weighted by Gasteiger charge is -2.47. The van der Waals surface area contributed by atoms with Crippen LogP contribution in [0.5, 0.6) is 0 Å². The zero-order valence-electron chi connectivity index (χ0n) is 9.76. The van der Waals surface area contributed by atoms with Crippen molar-refractivity contribution in [3.05, 3.63) is 18.2 Å². The van der Waals surface area contributed by atoms with E-state index in [2.05, 4.69) is 14.5 Å². The summed E-state index contributed by atoms with van der Waals surface area (Å²) in [5, 5.41) is 10.2. The molecule has 1 aromatic heterocycles. The van der Waals surface area contributed by atoms with E-state index >= 15 is 0 Å². The highest BCUT2D eigenvalue weighted by Gasteiger charge is 2.51. The highest BCUT2D eigenvalue weighted by molar-refractivity contribution is 5.05. The van der Waals surface area contributed by atoms with Gasteiger partial charge in [0.1, 0.15) is 5.82 Å². The van der Waals surface area contributed by atoms with Crippen molar-refractivity contribution in [1.29, 1.82) is 0 Å². The number of hydrogen-bond acceptors (Lipinski definition) is 3. The molecule has 1 aliphatic carbocycles. The van der Waals surface area contributed by atoms with Crippen LogP contribution in [0.1, 0.15) is 18.7 Å². The van der Waals surface area contributed by atoms with Crippen molar-refractivity contribution < 1.29 is 5.11 Å². The van der Waals surface area contributed by atoms with Gasteiger partial charge in [0.25, 0.3) is 0 Å². The number of nitrogens with zero attached hydrogens (tertiary/aromatic N) is 3. The standard InChI is InChI=1S/C12H19N3O/c1-14-7-5-13-11(14)4-6-15-8-12(16,9-15)10-2-3-10/h5,7,10,16H,2-4,6,8-9H2,1H3. The van der Waals surface area contributed by atoms with Gasteiger partial charge in [-0.15, -0.1) is 0 Å². The first kappa shape index (κ1) is 10.3. The molecule has 1 saturated carbocycles. The molecule has 0 amide bonds. The maximum absolute atomic E-state index is 10.2. The van der Waals surface area contributed by atoms with Gasteiger partial charge in [-0.05, 0) is 18.8 Å². The Hall–Kier alpha value is -0.870. The van der Waals surface area contributed by atoms with E-state index in [0.717, 1.165) is 31.9 Å². The molecule has 0 aromatic carbocycles. The third kappa shape index (κ3) is 1.76. The van der Waals surface area contributed by atoms with Gasteiger partial charge in [-0.25, -0.2) is 4.98 Å². The summed E-state index contributed by atoms with van der Waals surface area (Å²) in [6, 6.07) is 0. The van der Waals surface area contributed by atoms with Crippen LogP contribution in [0, 0.1) is 5.92 Å². The van der Waals surface area contributed by atoms with Crippen molar-refractivity contribution in [2.24, 2.45) is 13.0 Å². The van der Waals surface area contributed by atoms with Crippen LogP contribution in [-0.2, 0) is 13.5 Å². The maximum atomic E-state index is 10.2. The van der Waals surface area contributed by atoms with Crippen molar-refractivity contribution in [2.75, 3.05) is 19.6 Å².